The number of alkyl halides is 2. The highest BCUT2D eigenvalue weighted by Crippen LogP contribution is 2.22. The van der Waals surface area contributed by atoms with E-state index in [2.05, 4.69) is 5.32 Å². The van der Waals surface area contributed by atoms with E-state index in [-0.39, 0.29) is 6.42 Å². The number of hydrogen-bond donors (Lipinski definition) is 3. The number of nitrogens with two attached hydrogens (primary N) is 1. The molecule has 4 nitrogen and oxygen atoms in total. The van der Waals surface area contributed by atoms with E-state index in [0.717, 1.165) is 5.56 Å². The van der Waals surface area contributed by atoms with E-state index in [1.165, 1.54) is 0 Å². The van der Waals surface area contributed by atoms with Crippen LogP contribution in [0.4, 0.5) is 8.78 Å². The van der Waals surface area contributed by atoms with Crippen molar-refractivity contribution in [2.24, 2.45) is 5.73 Å². The third-order valence-electron chi connectivity index (χ3n) is 3.74. The standard InChI is InChI=1S/C18H20F2N2O2/c19-18(20,12-21)16(23)15(11-13-7-3-1-4-8-13)22-17(24)14-9-5-2-6-10-14/h1-10,15-16,23H,11-12,21H2,(H,22,24). The highest BCUT2D eigenvalue weighted by Gasteiger charge is 2.42. The van der Waals surface area contributed by atoms with Crippen molar-refractivity contribution in [2.75, 3.05) is 6.54 Å². The predicted molar refractivity (Wildman–Crippen MR) is 87.9 cm³/mol. The van der Waals surface area contributed by atoms with Gasteiger partial charge in [0.05, 0.1) is 12.6 Å². The molecule has 2 aromatic carbocycles. The van der Waals surface area contributed by atoms with Crippen LogP contribution in [0.2, 0.25) is 0 Å². The van der Waals surface area contributed by atoms with Crippen LogP contribution in [-0.4, -0.2) is 35.6 Å². The van der Waals surface area contributed by atoms with E-state index in [1.807, 2.05) is 0 Å². The summed E-state index contributed by atoms with van der Waals surface area (Å²) in [7, 11) is 0. The number of carbonyl (C=O) groups excluding carboxylic acids is 1. The van der Waals surface area contributed by atoms with Crippen LogP contribution >= 0.6 is 0 Å². The number of carbonyl (C=O) groups is 1. The molecule has 128 valence electrons. The number of aliphatic hydroxyl groups is 1. The Bertz CT molecular complexity index is 651. The Labute approximate surface area is 139 Å². The van der Waals surface area contributed by atoms with Gasteiger partial charge in [0.15, 0.2) is 0 Å². The Morgan fingerprint density at radius 2 is 1.62 bits per heavy atom. The van der Waals surface area contributed by atoms with Crippen LogP contribution in [0.25, 0.3) is 0 Å². The van der Waals surface area contributed by atoms with Crippen molar-refractivity contribution in [2.45, 2.75) is 24.5 Å². The van der Waals surface area contributed by atoms with Gasteiger partial charge in [-0.05, 0) is 24.1 Å². The summed E-state index contributed by atoms with van der Waals surface area (Å²) in [5.41, 5.74) is 6.11. The van der Waals surface area contributed by atoms with E-state index in [4.69, 9.17) is 5.73 Å². The van der Waals surface area contributed by atoms with Crippen LogP contribution in [0.1, 0.15) is 15.9 Å². The van der Waals surface area contributed by atoms with Crippen molar-refractivity contribution in [1.82, 2.24) is 5.32 Å². The molecule has 0 bridgehead atoms. The van der Waals surface area contributed by atoms with Gasteiger partial charge in [-0.2, -0.15) is 0 Å². The Morgan fingerprint density at radius 3 is 2.17 bits per heavy atom. The minimum atomic E-state index is -3.50. The third-order valence-corrected chi connectivity index (χ3v) is 3.74. The summed E-state index contributed by atoms with van der Waals surface area (Å²) in [5, 5.41) is 12.5. The lowest BCUT2D eigenvalue weighted by Crippen LogP contribution is -2.55. The van der Waals surface area contributed by atoms with Crippen LogP contribution in [0.15, 0.2) is 60.7 Å². The van der Waals surface area contributed by atoms with Crippen molar-refractivity contribution in [3.63, 3.8) is 0 Å². The van der Waals surface area contributed by atoms with Gasteiger partial charge in [-0.3, -0.25) is 4.79 Å². The molecule has 24 heavy (non-hydrogen) atoms. The zero-order chi connectivity index (χ0) is 17.6. The molecule has 0 spiro atoms. The molecule has 0 fully saturated rings. The highest BCUT2D eigenvalue weighted by atomic mass is 19.3. The second-order valence-electron chi connectivity index (χ2n) is 5.55. The van der Waals surface area contributed by atoms with E-state index in [0.29, 0.717) is 5.56 Å². The van der Waals surface area contributed by atoms with Gasteiger partial charge in [-0.25, -0.2) is 8.78 Å². The molecule has 0 aliphatic heterocycles. The summed E-state index contributed by atoms with van der Waals surface area (Å²) < 4.78 is 27.7. The minimum absolute atomic E-state index is 0.0656. The average molecular weight is 334 g/mol. The van der Waals surface area contributed by atoms with Crippen LogP contribution in [0.3, 0.4) is 0 Å². The Hall–Kier alpha value is -2.31. The van der Waals surface area contributed by atoms with E-state index in [9.17, 15) is 18.7 Å². The second kappa shape index (κ2) is 7.99. The van der Waals surface area contributed by atoms with Gasteiger partial charge in [-0.15, -0.1) is 0 Å². The molecular weight excluding hydrogens is 314 g/mol. The predicted octanol–water partition coefficient (Wildman–Crippen LogP) is 1.98. The summed E-state index contributed by atoms with van der Waals surface area (Å²) >= 11 is 0. The van der Waals surface area contributed by atoms with Crippen LogP contribution in [-0.2, 0) is 6.42 Å². The summed E-state index contributed by atoms with van der Waals surface area (Å²) in [4.78, 5) is 12.3. The average Bonchev–Trinajstić information content (AvgIpc) is 2.62. The molecule has 0 aliphatic rings. The van der Waals surface area contributed by atoms with Crippen LogP contribution in [0.5, 0.6) is 0 Å². The maximum atomic E-state index is 13.8. The molecule has 0 radical (unpaired) electrons. The Kier molecular flexibility index (Phi) is 6.00. The molecule has 6 heteroatoms. The first-order valence-electron chi connectivity index (χ1n) is 7.60. The van der Waals surface area contributed by atoms with E-state index >= 15 is 0 Å². The Morgan fingerprint density at radius 1 is 1.08 bits per heavy atom. The number of hydrogen-bond acceptors (Lipinski definition) is 3. The summed E-state index contributed by atoms with van der Waals surface area (Å²) in [6.45, 7) is -0.999. The molecule has 2 aromatic rings. The number of halogens is 2. The highest BCUT2D eigenvalue weighted by molar-refractivity contribution is 5.94. The summed E-state index contributed by atoms with van der Waals surface area (Å²) in [6.07, 6.45) is -2.02. The fraction of sp³-hybridized carbons (Fsp3) is 0.278. The monoisotopic (exact) mass is 334 g/mol. The van der Waals surface area contributed by atoms with Gasteiger partial charge in [0, 0.05) is 5.56 Å². The van der Waals surface area contributed by atoms with Gasteiger partial charge in [0.25, 0.3) is 11.8 Å². The third kappa shape index (κ3) is 4.59. The lowest BCUT2D eigenvalue weighted by Gasteiger charge is -2.29. The lowest BCUT2D eigenvalue weighted by molar-refractivity contribution is -0.112. The van der Waals surface area contributed by atoms with Gasteiger partial charge in [-0.1, -0.05) is 48.5 Å². The zero-order valence-corrected chi connectivity index (χ0v) is 13.0. The topological polar surface area (TPSA) is 75.3 Å². The van der Waals surface area contributed by atoms with Crippen molar-refractivity contribution in [3.05, 3.63) is 71.8 Å². The van der Waals surface area contributed by atoms with E-state index in [1.54, 1.807) is 60.7 Å². The molecule has 2 rings (SSSR count). The number of aliphatic hydroxyl groups excluding tert-OH is 1. The van der Waals surface area contributed by atoms with Crippen molar-refractivity contribution in [3.8, 4) is 0 Å². The quantitative estimate of drug-likeness (QED) is 0.725. The molecule has 0 saturated heterocycles. The minimum Gasteiger partial charge on any atom is -0.385 e. The fourth-order valence-electron chi connectivity index (χ4n) is 2.37. The molecule has 0 heterocycles. The maximum absolute atomic E-state index is 13.8. The maximum Gasteiger partial charge on any atom is 0.287 e. The van der Waals surface area contributed by atoms with Gasteiger partial charge >= 0.3 is 0 Å². The molecule has 0 saturated carbocycles. The lowest BCUT2D eigenvalue weighted by atomic mass is 9.96. The summed E-state index contributed by atoms with van der Waals surface area (Å²) in [5.74, 6) is -4.02. The zero-order valence-electron chi connectivity index (χ0n) is 13.0. The van der Waals surface area contributed by atoms with Crippen molar-refractivity contribution >= 4 is 5.91 Å². The molecular formula is C18H20F2N2O2. The molecule has 0 aliphatic carbocycles. The van der Waals surface area contributed by atoms with Crippen LogP contribution < -0.4 is 11.1 Å². The largest absolute Gasteiger partial charge is 0.385 e. The van der Waals surface area contributed by atoms with E-state index < -0.39 is 30.5 Å². The number of rotatable bonds is 7. The first-order chi connectivity index (χ1) is 11.4. The van der Waals surface area contributed by atoms with Gasteiger partial charge in [0.1, 0.15) is 6.10 Å². The number of benzene rings is 2. The van der Waals surface area contributed by atoms with Crippen molar-refractivity contribution < 1.29 is 18.7 Å². The fourth-order valence-corrected chi connectivity index (χ4v) is 2.37. The smallest absolute Gasteiger partial charge is 0.287 e. The van der Waals surface area contributed by atoms with Gasteiger partial charge in [0.2, 0.25) is 0 Å². The Balaban J connectivity index is 2.20. The molecule has 1 amide bonds. The number of nitrogens with one attached hydrogen (secondary N) is 1. The molecule has 0 aromatic heterocycles. The van der Waals surface area contributed by atoms with Gasteiger partial charge < -0.3 is 16.2 Å². The van der Waals surface area contributed by atoms with Crippen LogP contribution in [0, 0.1) is 0 Å². The SMILES string of the molecule is NCC(F)(F)C(O)C(Cc1ccccc1)NC(=O)c1ccccc1. The van der Waals surface area contributed by atoms with Crippen molar-refractivity contribution in [1.29, 1.82) is 0 Å². The molecule has 2 unspecified atom stereocenters. The molecule has 2 atom stereocenters. The summed E-state index contributed by atoms with van der Waals surface area (Å²) in [6, 6.07) is 15.9. The first kappa shape index (κ1) is 18.0. The second-order valence-corrected chi connectivity index (χ2v) is 5.55. The number of amides is 1. The molecule has 4 N–H and O–H groups in total. The normalized spacial score (nSPS) is 14.0. The first-order valence-corrected chi connectivity index (χ1v) is 7.60.